The summed E-state index contributed by atoms with van der Waals surface area (Å²) in [5.41, 5.74) is 5.58. The number of aliphatic hydroxyl groups excluding tert-OH is 1. The Hall–Kier alpha value is -3.92. The number of carbonyl (C=O) groups is 2. The minimum Gasteiger partial charge on any atom is -0.496 e. The maximum atomic E-state index is 14.7. The van der Waals surface area contributed by atoms with Crippen LogP contribution in [0.4, 0.5) is 5.69 Å². The van der Waals surface area contributed by atoms with Gasteiger partial charge >= 0.3 is 0 Å². The smallest absolute Gasteiger partial charge is 0.251 e. The van der Waals surface area contributed by atoms with Crippen molar-refractivity contribution in [1.82, 2.24) is 15.7 Å². The fourth-order valence-corrected chi connectivity index (χ4v) is 9.70. The van der Waals surface area contributed by atoms with Crippen molar-refractivity contribution in [2.45, 2.75) is 84.5 Å². The lowest BCUT2D eigenvalue weighted by Crippen LogP contribution is -2.62. The molecule has 0 radical (unpaired) electrons. The number of hydrogen-bond donors (Lipinski definition) is 3. The van der Waals surface area contributed by atoms with Crippen molar-refractivity contribution < 1.29 is 24.3 Å². The lowest BCUT2D eigenvalue weighted by atomic mass is 9.45. The molecule has 53 heavy (non-hydrogen) atoms. The zero-order valence-electron chi connectivity index (χ0n) is 32.9. The largest absolute Gasteiger partial charge is 0.496 e. The molecule has 4 fully saturated rings. The van der Waals surface area contributed by atoms with Gasteiger partial charge in [0.2, 0.25) is 5.91 Å². The number of nitrogens with one attached hydrogen (secondary N) is 2. The van der Waals surface area contributed by atoms with Crippen molar-refractivity contribution in [3.8, 4) is 16.9 Å². The van der Waals surface area contributed by atoms with E-state index >= 15 is 0 Å². The maximum absolute atomic E-state index is 14.7. The molecule has 3 N–H and O–H groups in total. The van der Waals surface area contributed by atoms with Gasteiger partial charge in [-0.25, -0.2) is 0 Å². The zero-order chi connectivity index (χ0) is 38.0. The lowest BCUT2D eigenvalue weighted by Gasteiger charge is -2.62. The third kappa shape index (κ3) is 7.84. The number of benzene rings is 3. The minimum absolute atomic E-state index is 0.0270. The van der Waals surface area contributed by atoms with Crippen molar-refractivity contribution in [1.29, 1.82) is 0 Å². The molecule has 2 amide bonds. The van der Waals surface area contributed by atoms with Crippen molar-refractivity contribution in [2.24, 2.45) is 35.0 Å². The third-order valence-corrected chi connectivity index (χ3v) is 13.0. The number of aliphatic hydroxyl groups is 1. The molecule has 0 unspecified atom stereocenters. The highest BCUT2D eigenvalue weighted by Crippen LogP contribution is 2.61. The zero-order valence-corrected chi connectivity index (χ0v) is 32.9. The summed E-state index contributed by atoms with van der Waals surface area (Å²) in [7, 11) is 7.18. The molecule has 2 bridgehead atoms. The molecular weight excluding hydrogens is 665 g/mol. The van der Waals surface area contributed by atoms with Gasteiger partial charge in [0, 0.05) is 55.5 Å². The Morgan fingerprint density at radius 1 is 1.08 bits per heavy atom. The molecule has 3 aliphatic carbocycles. The van der Waals surface area contributed by atoms with Crippen molar-refractivity contribution >= 4 is 17.5 Å². The number of para-hydroxylation sites is 1. The first kappa shape index (κ1) is 38.8. The number of aryl methyl sites for hydroxylation is 1. The topological polar surface area (TPSA) is 103 Å². The number of anilines is 1. The summed E-state index contributed by atoms with van der Waals surface area (Å²) in [6.07, 6.45) is 4.56. The molecule has 0 aromatic heterocycles. The van der Waals surface area contributed by atoms with E-state index in [1.54, 1.807) is 19.2 Å². The first-order valence-corrected chi connectivity index (χ1v) is 19.5. The summed E-state index contributed by atoms with van der Waals surface area (Å²) >= 11 is 0. The van der Waals surface area contributed by atoms with Gasteiger partial charge in [-0.3, -0.25) is 14.4 Å². The van der Waals surface area contributed by atoms with Gasteiger partial charge < -0.3 is 25.4 Å². The third-order valence-electron chi connectivity index (χ3n) is 13.0. The van der Waals surface area contributed by atoms with Crippen LogP contribution in [0.1, 0.15) is 74.9 Å². The van der Waals surface area contributed by atoms with Crippen LogP contribution in [0, 0.1) is 35.0 Å². The Kier molecular flexibility index (Phi) is 11.9. The van der Waals surface area contributed by atoms with Gasteiger partial charge in [0.25, 0.3) is 5.91 Å². The number of nitrogens with zero attached hydrogens (tertiary/aromatic N) is 2. The number of hydrogen-bond acceptors (Lipinski definition) is 7. The molecule has 4 aliphatic rings. The Balaban J connectivity index is 1.31. The maximum Gasteiger partial charge on any atom is 0.251 e. The predicted molar refractivity (Wildman–Crippen MR) is 211 cm³/mol. The number of amides is 2. The van der Waals surface area contributed by atoms with E-state index in [9.17, 15) is 14.7 Å². The molecule has 9 nitrogen and oxygen atoms in total. The summed E-state index contributed by atoms with van der Waals surface area (Å²) in [4.78, 5) is 36.0. The van der Waals surface area contributed by atoms with Gasteiger partial charge in [0.1, 0.15) is 17.9 Å². The molecule has 7 rings (SSSR count). The number of fused-ring (bicyclic) bond motifs is 2. The van der Waals surface area contributed by atoms with Crippen LogP contribution in [0.25, 0.3) is 11.1 Å². The van der Waals surface area contributed by atoms with Crippen LogP contribution in [0.5, 0.6) is 5.75 Å². The number of hydroxylamine groups is 2. The summed E-state index contributed by atoms with van der Waals surface area (Å²) in [5.74, 6) is 1.97. The second-order valence-corrected chi connectivity index (χ2v) is 16.6. The summed E-state index contributed by atoms with van der Waals surface area (Å²) in [5, 5.41) is 18.8. The molecule has 8 atom stereocenters. The van der Waals surface area contributed by atoms with Gasteiger partial charge in [-0.05, 0) is 90.5 Å². The summed E-state index contributed by atoms with van der Waals surface area (Å²) < 4.78 is 6.11. The molecule has 3 aromatic rings. The Morgan fingerprint density at radius 3 is 2.47 bits per heavy atom. The molecule has 0 spiro atoms. The second-order valence-electron chi connectivity index (χ2n) is 16.6. The van der Waals surface area contributed by atoms with E-state index in [1.165, 1.54) is 12.0 Å². The van der Waals surface area contributed by atoms with E-state index < -0.39 is 12.1 Å². The first-order valence-electron chi connectivity index (χ1n) is 19.5. The van der Waals surface area contributed by atoms with Crippen molar-refractivity contribution in [3.05, 3.63) is 83.4 Å². The fraction of sp³-hybridized carbons (Fsp3) is 0.545. The standard InChI is InChI=1S/C44H60N4O5/c1-27(14-12-17-29-15-10-9-11-16-29)39-38(26-49)53-48(40(39)43(51)46-37-24-33-23-36(28(37)2)44(33,3)4)25-30-18-13-19-35(41(30)52-8)31-20-32(42(50)45-5)22-34(21-31)47(6)7/h9-11,13,15-16,18-22,27-28,33,36-40,49H,12,14,17,23-26H2,1-8H3,(H,45,50)(H,46,51)/t27-,28-,33+,36-,37-,38-,39-,40-/m0/s1. The van der Waals surface area contributed by atoms with E-state index in [4.69, 9.17) is 9.57 Å². The molecule has 3 aromatic carbocycles. The van der Waals surface area contributed by atoms with Crippen molar-refractivity contribution in [2.75, 3.05) is 39.8 Å². The molecule has 1 aliphatic heterocycles. The van der Waals surface area contributed by atoms with Crippen LogP contribution in [0.15, 0.2) is 66.7 Å². The van der Waals surface area contributed by atoms with Gasteiger partial charge in [-0.15, -0.1) is 0 Å². The molecule has 286 valence electrons. The van der Waals surface area contributed by atoms with Crippen LogP contribution in [0.3, 0.4) is 0 Å². The van der Waals surface area contributed by atoms with Crippen molar-refractivity contribution in [3.63, 3.8) is 0 Å². The lowest BCUT2D eigenvalue weighted by molar-refractivity contribution is -0.183. The van der Waals surface area contributed by atoms with E-state index in [0.29, 0.717) is 34.5 Å². The Morgan fingerprint density at radius 2 is 1.83 bits per heavy atom. The van der Waals surface area contributed by atoms with E-state index in [0.717, 1.165) is 48.1 Å². The minimum atomic E-state index is -0.595. The SMILES string of the molecule is CNC(=O)c1cc(-c2cccc(CN3O[C@@H](CO)[C@H]([C@@H](C)CCCc4ccccc4)[C@H]3C(=O)N[C@H]3C[C@H]4C[C@@H]([C@@H]3C)C4(C)C)c2OC)cc(N(C)C)c1. The highest BCUT2D eigenvalue weighted by Gasteiger charge is 2.57. The number of carbonyl (C=O) groups excluding carboxylic acids is 2. The molecular formula is C44H60N4O5. The van der Waals surface area contributed by atoms with Crippen LogP contribution in [0.2, 0.25) is 0 Å². The van der Waals surface area contributed by atoms with Gasteiger partial charge in [0.05, 0.1) is 20.3 Å². The monoisotopic (exact) mass is 724 g/mol. The predicted octanol–water partition coefficient (Wildman–Crippen LogP) is 6.73. The molecule has 3 saturated carbocycles. The van der Waals surface area contributed by atoms with Crippen LogP contribution >= 0.6 is 0 Å². The van der Waals surface area contributed by atoms with Gasteiger partial charge in [0.15, 0.2) is 0 Å². The fourth-order valence-electron chi connectivity index (χ4n) is 9.70. The van der Waals surface area contributed by atoms with Gasteiger partial charge in [-0.2, -0.15) is 5.06 Å². The van der Waals surface area contributed by atoms with E-state index in [1.807, 2.05) is 61.5 Å². The Labute approximate surface area is 316 Å². The van der Waals surface area contributed by atoms with Crippen LogP contribution < -0.4 is 20.3 Å². The normalized spacial score (nSPS) is 26.7. The molecule has 1 saturated heterocycles. The highest BCUT2D eigenvalue weighted by molar-refractivity contribution is 5.97. The van der Waals surface area contributed by atoms with Crippen LogP contribution in [-0.2, 0) is 22.6 Å². The van der Waals surface area contributed by atoms with E-state index in [-0.39, 0.29) is 42.8 Å². The first-order chi connectivity index (χ1) is 25.4. The average Bonchev–Trinajstić information content (AvgIpc) is 3.53. The molecule has 9 heteroatoms. The average molecular weight is 725 g/mol. The van der Waals surface area contributed by atoms with Gasteiger partial charge in [-0.1, -0.05) is 76.2 Å². The summed E-state index contributed by atoms with van der Waals surface area (Å²) in [6.45, 7) is 9.37. The number of ether oxygens (including phenoxy) is 1. The highest BCUT2D eigenvalue weighted by atomic mass is 16.7. The number of methoxy groups -OCH3 is 1. The Bertz CT molecular complexity index is 1740. The summed E-state index contributed by atoms with van der Waals surface area (Å²) in [6, 6.07) is 21.8. The van der Waals surface area contributed by atoms with Crippen LogP contribution in [-0.4, -0.2) is 75.0 Å². The number of rotatable bonds is 14. The quantitative estimate of drug-likeness (QED) is 0.170. The van der Waals surface area contributed by atoms with E-state index in [2.05, 4.69) is 62.6 Å². The second kappa shape index (κ2) is 16.2. The molecule has 1 heterocycles.